The number of aryl methyl sites for hydroxylation is 2. The standard InChI is InChI=1S/C21H21NO7/c1-10-7-6-8-11(2)16(10)22-18-14(19(25)27-4)15(20(26)28-5)21(3)13(29-18)9-12(23)17(21)24/h6-9,15,22H,1-5H3/t15-,21-/m0/s1. The zero-order chi connectivity index (χ0) is 21.5. The number of benzene rings is 1. The predicted molar refractivity (Wildman–Crippen MR) is 101 cm³/mol. The number of carbonyl (C=O) groups excluding carboxylic acids is 4. The van der Waals surface area contributed by atoms with E-state index in [0.29, 0.717) is 5.69 Å². The first-order valence-corrected chi connectivity index (χ1v) is 8.89. The molecule has 0 saturated heterocycles. The molecule has 0 amide bonds. The van der Waals surface area contributed by atoms with Crippen molar-refractivity contribution in [2.24, 2.45) is 11.3 Å². The highest BCUT2D eigenvalue weighted by Crippen LogP contribution is 2.50. The number of nitrogens with one attached hydrogen (secondary N) is 1. The molecule has 2 atom stereocenters. The number of rotatable bonds is 4. The van der Waals surface area contributed by atoms with Crippen LogP contribution in [0.1, 0.15) is 18.1 Å². The quantitative estimate of drug-likeness (QED) is 0.605. The van der Waals surface area contributed by atoms with Crippen molar-refractivity contribution >= 4 is 29.2 Å². The molecule has 3 rings (SSSR count). The van der Waals surface area contributed by atoms with Crippen molar-refractivity contribution in [2.75, 3.05) is 19.5 Å². The molecule has 0 spiro atoms. The molecular weight excluding hydrogens is 378 g/mol. The minimum Gasteiger partial charge on any atom is -0.469 e. The van der Waals surface area contributed by atoms with Crippen molar-refractivity contribution in [1.29, 1.82) is 0 Å². The molecular formula is C21H21NO7. The normalized spacial score (nSPS) is 23.2. The Morgan fingerprint density at radius 1 is 1.10 bits per heavy atom. The molecule has 1 aromatic carbocycles. The summed E-state index contributed by atoms with van der Waals surface area (Å²) in [5, 5.41) is 3.04. The molecule has 152 valence electrons. The Kier molecular flexibility index (Phi) is 5.04. The van der Waals surface area contributed by atoms with Crippen LogP contribution in [0.25, 0.3) is 0 Å². The van der Waals surface area contributed by atoms with E-state index in [1.54, 1.807) is 0 Å². The first-order chi connectivity index (χ1) is 13.7. The van der Waals surface area contributed by atoms with Crippen molar-refractivity contribution in [3.8, 4) is 0 Å². The van der Waals surface area contributed by atoms with Gasteiger partial charge in [-0.2, -0.15) is 0 Å². The molecule has 1 N–H and O–H groups in total. The Balaban J connectivity index is 2.26. The van der Waals surface area contributed by atoms with Crippen molar-refractivity contribution < 1.29 is 33.4 Å². The molecule has 1 aliphatic carbocycles. The Morgan fingerprint density at radius 2 is 1.72 bits per heavy atom. The van der Waals surface area contributed by atoms with E-state index in [9.17, 15) is 19.2 Å². The highest BCUT2D eigenvalue weighted by molar-refractivity contribution is 6.47. The van der Waals surface area contributed by atoms with Crippen LogP contribution in [-0.4, -0.2) is 37.7 Å². The first kappa shape index (κ1) is 20.3. The van der Waals surface area contributed by atoms with Crippen LogP contribution in [0.4, 0.5) is 5.69 Å². The number of ether oxygens (including phenoxy) is 3. The fourth-order valence-corrected chi connectivity index (χ4v) is 3.71. The van der Waals surface area contributed by atoms with Gasteiger partial charge in [0.2, 0.25) is 17.4 Å². The van der Waals surface area contributed by atoms with E-state index in [-0.39, 0.29) is 17.2 Å². The molecule has 8 nitrogen and oxygen atoms in total. The minimum atomic E-state index is -1.69. The van der Waals surface area contributed by atoms with Gasteiger partial charge in [0.05, 0.1) is 14.2 Å². The Hall–Kier alpha value is -3.42. The van der Waals surface area contributed by atoms with E-state index >= 15 is 0 Å². The van der Waals surface area contributed by atoms with E-state index in [4.69, 9.17) is 14.2 Å². The number of para-hydroxylation sites is 1. The van der Waals surface area contributed by atoms with Crippen molar-refractivity contribution in [2.45, 2.75) is 20.8 Å². The van der Waals surface area contributed by atoms with Gasteiger partial charge in [-0.15, -0.1) is 0 Å². The number of ketones is 2. The second kappa shape index (κ2) is 7.20. The van der Waals surface area contributed by atoms with E-state index in [1.165, 1.54) is 6.92 Å². The zero-order valence-electron chi connectivity index (χ0n) is 16.7. The Morgan fingerprint density at radius 3 is 2.28 bits per heavy atom. The SMILES string of the molecule is COC(=O)C1=C(Nc2c(C)cccc2C)OC2=CC(=O)C(=O)[C@]2(C)[C@@H]1C(=O)OC. The molecule has 1 aromatic rings. The molecule has 0 saturated carbocycles. The highest BCUT2D eigenvalue weighted by Gasteiger charge is 2.61. The number of fused-ring (bicyclic) bond motifs is 1. The van der Waals surface area contributed by atoms with Gasteiger partial charge in [-0.1, -0.05) is 18.2 Å². The second-order valence-electron chi connectivity index (χ2n) is 7.09. The fraction of sp³-hybridized carbons (Fsp3) is 0.333. The summed E-state index contributed by atoms with van der Waals surface area (Å²) < 4.78 is 15.5. The number of hydrogen-bond donors (Lipinski definition) is 1. The lowest BCUT2D eigenvalue weighted by molar-refractivity contribution is -0.156. The number of anilines is 1. The van der Waals surface area contributed by atoms with Gasteiger partial charge in [-0.25, -0.2) is 4.79 Å². The third-order valence-electron chi connectivity index (χ3n) is 5.35. The van der Waals surface area contributed by atoms with Crippen LogP contribution in [0.5, 0.6) is 0 Å². The molecule has 0 radical (unpaired) electrons. The number of methoxy groups -OCH3 is 2. The first-order valence-electron chi connectivity index (χ1n) is 8.89. The highest BCUT2D eigenvalue weighted by atomic mass is 16.5. The minimum absolute atomic E-state index is 0.0238. The Bertz CT molecular complexity index is 984. The molecule has 0 aromatic heterocycles. The number of esters is 2. The fourth-order valence-electron chi connectivity index (χ4n) is 3.71. The summed E-state index contributed by atoms with van der Waals surface area (Å²) in [6.07, 6.45) is 1.04. The summed E-state index contributed by atoms with van der Waals surface area (Å²) >= 11 is 0. The van der Waals surface area contributed by atoms with Gasteiger partial charge in [0.25, 0.3) is 0 Å². The lowest BCUT2D eigenvalue weighted by Crippen LogP contribution is -2.48. The van der Waals surface area contributed by atoms with Crippen LogP contribution in [0.3, 0.4) is 0 Å². The average Bonchev–Trinajstić information content (AvgIpc) is 2.92. The molecule has 1 heterocycles. The lowest BCUT2D eigenvalue weighted by atomic mass is 9.69. The summed E-state index contributed by atoms with van der Waals surface area (Å²) in [5.41, 5.74) is 0.471. The number of carbonyl (C=O) groups is 4. The van der Waals surface area contributed by atoms with Gasteiger partial charge in [0.15, 0.2) is 0 Å². The van der Waals surface area contributed by atoms with Crippen molar-refractivity contribution in [1.82, 2.24) is 0 Å². The molecule has 0 bridgehead atoms. The van der Waals surface area contributed by atoms with Gasteiger partial charge < -0.3 is 19.5 Å². The van der Waals surface area contributed by atoms with Gasteiger partial charge in [-0.3, -0.25) is 14.4 Å². The van der Waals surface area contributed by atoms with E-state index in [1.807, 2.05) is 32.0 Å². The maximum atomic E-state index is 12.7. The van der Waals surface area contributed by atoms with Crippen LogP contribution >= 0.6 is 0 Å². The number of Topliss-reactive ketones (excluding diaryl/α,β-unsaturated/α-hetero) is 1. The molecule has 0 unspecified atom stereocenters. The summed E-state index contributed by atoms with van der Waals surface area (Å²) in [5.74, 6) is -4.91. The average molecular weight is 399 g/mol. The summed E-state index contributed by atoms with van der Waals surface area (Å²) in [4.78, 5) is 50.1. The molecule has 0 fully saturated rings. The van der Waals surface area contributed by atoms with Gasteiger partial charge in [0.1, 0.15) is 22.7 Å². The summed E-state index contributed by atoms with van der Waals surface area (Å²) in [7, 11) is 2.29. The smallest absolute Gasteiger partial charge is 0.340 e. The van der Waals surface area contributed by atoms with E-state index < -0.39 is 34.8 Å². The van der Waals surface area contributed by atoms with Crippen molar-refractivity contribution in [3.63, 3.8) is 0 Å². The monoisotopic (exact) mass is 399 g/mol. The Labute approximate surface area is 167 Å². The number of hydrogen-bond acceptors (Lipinski definition) is 8. The zero-order valence-corrected chi connectivity index (χ0v) is 16.7. The molecule has 8 heteroatoms. The van der Waals surface area contributed by atoms with Crippen LogP contribution < -0.4 is 5.32 Å². The van der Waals surface area contributed by atoms with E-state index in [2.05, 4.69) is 5.32 Å². The number of allylic oxidation sites excluding steroid dienone is 2. The van der Waals surface area contributed by atoms with Crippen LogP contribution in [0.2, 0.25) is 0 Å². The molecule has 29 heavy (non-hydrogen) atoms. The van der Waals surface area contributed by atoms with E-state index in [0.717, 1.165) is 31.4 Å². The third kappa shape index (κ3) is 3.00. The predicted octanol–water partition coefficient (Wildman–Crippen LogP) is 1.96. The lowest BCUT2D eigenvalue weighted by Gasteiger charge is -2.38. The maximum absolute atomic E-state index is 12.7. The summed E-state index contributed by atoms with van der Waals surface area (Å²) in [6.45, 7) is 5.10. The van der Waals surface area contributed by atoms with Gasteiger partial charge in [-0.05, 0) is 31.9 Å². The van der Waals surface area contributed by atoms with Gasteiger partial charge in [0, 0.05) is 11.8 Å². The van der Waals surface area contributed by atoms with Crippen LogP contribution in [0, 0.1) is 25.2 Å². The van der Waals surface area contributed by atoms with Crippen molar-refractivity contribution in [3.05, 3.63) is 52.6 Å². The van der Waals surface area contributed by atoms with Crippen LogP contribution in [-0.2, 0) is 33.4 Å². The largest absolute Gasteiger partial charge is 0.469 e. The molecule has 1 aliphatic heterocycles. The topological polar surface area (TPSA) is 108 Å². The van der Waals surface area contributed by atoms with Gasteiger partial charge >= 0.3 is 11.9 Å². The van der Waals surface area contributed by atoms with Crippen LogP contribution in [0.15, 0.2) is 41.5 Å². The second-order valence-corrected chi connectivity index (χ2v) is 7.09. The molecule has 2 aliphatic rings. The third-order valence-corrected chi connectivity index (χ3v) is 5.35. The maximum Gasteiger partial charge on any atom is 0.340 e. The summed E-state index contributed by atoms with van der Waals surface area (Å²) in [6, 6.07) is 5.60.